The molecule has 3 amide bonds. The number of nitrogens with two attached hydrogens (primary N) is 1. The molecule has 0 spiro atoms. The van der Waals surface area contributed by atoms with Crippen molar-refractivity contribution in [3.8, 4) is 0 Å². The van der Waals surface area contributed by atoms with Crippen LogP contribution in [0.3, 0.4) is 0 Å². The topological polar surface area (TPSA) is 107 Å². The number of thiophene rings is 1. The number of primary amides is 1. The Morgan fingerprint density at radius 2 is 2.11 bits per heavy atom. The van der Waals surface area contributed by atoms with Crippen LogP contribution < -0.4 is 16.6 Å². The normalized spacial score (nSPS) is 17.5. The third kappa shape index (κ3) is 4.25. The molecule has 0 fully saturated rings. The van der Waals surface area contributed by atoms with Gasteiger partial charge in [-0.05, 0) is 43.6 Å². The lowest BCUT2D eigenvalue weighted by Crippen LogP contribution is -2.39. The number of carbonyl (C=O) groups excluding carboxylic acids is 2. The summed E-state index contributed by atoms with van der Waals surface area (Å²) in [6, 6.07) is -0.888. The number of fused-ring (bicyclic) bond motifs is 3. The van der Waals surface area contributed by atoms with Gasteiger partial charge in [0.15, 0.2) is 5.16 Å². The van der Waals surface area contributed by atoms with Gasteiger partial charge >= 0.3 is 6.03 Å². The molecule has 3 rings (SSSR count). The van der Waals surface area contributed by atoms with E-state index in [2.05, 4.69) is 12.2 Å². The fourth-order valence-electron chi connectivity index (χ4n) is 3.46. The van der Waals surface area contributed by atoms with Gasteiger partial charge in [0.05, 0.1) is 10.6 Å². The molecule has 7 nitrogen and oxygen atoms in total. The van der Waals surface area contributed by atoms with Crippen molar-refractivity contribution in [3.63, 3.8) is 0 Å². The molecule has 0 bridgehead atoms. The Morgan fingerprint density at radius 3 is 2.75 bits per heavy atom. The van der Waals surface area contributed by atoms with Gasteiger partial charge in [-0.3, -0.25) is 19.5 Å². The molecule has 0 unspecified atom stereocenters. The van der Waals surface area contributed by atoms with Crippen LogP contribution in [0.2, 0.25) is 0 Å². The smallest absolute Gasteiger partial charge is 0.318 e. The molecule has 152 valence electrons. The molecule has 0 aromatic carbocycles. The summed E-state index contributed by atoms with van der Waals surface area (Å²) in [6.45, 7) is 8.51. The molecule has 3 N–H and O–H groups in total. The van der Waals surface area contributed by atoms with E-state index in [1.807, 2.05) is 13.8 Å². The quantitative estimate of drug-likeness (QED) is 0.569. The number of imide groups is 1. The highest BCUT2D eigenvalue weighted by atomic mass is 32.2. The van der Waals surface area contributed by atoms with Crippen molar-refractivity contribution in [1.29, 1.82) is 0 Å². The maximum atomic E-state index is 13.4. The van der Waals surface area contributed by atoms with Crippen LogP contribution in [0.4, 0.5) is 4.79 Å². The van der Waals surface area contributed by atoms with Crippen molar-refractivity contribution in [1.82, 2.24) is 14.9 Å². The first kappa shape index (κ1) is 20.9. The number of carbonyl (C=O) groups is 2. The minimum atomic E-state index is -0.888. The summed E-state index contributed by atoms with van der Waals surface area (Å²) in [4.78, 5) is 43.2. The van der Waals surface area contributed by atoms with Crippen LogP contribution in [-0.4, -0.2) is 26.7 Å². The fourth-order valence-corrected chi connectivity index (χ4v) is 5.80. The van der Waals surface area contributed by atoms with E-state index in [9.17, 15) is 14.4 Å². The van der Waals surface area contributed by atoms with Crippen molar-refractivity contribution < 1.29 is 9.59 Å². The van der Waals surface area contributed by atoms with E-state index in [4.69, 9.17) is 10.7 Å². The zero-order valence-electron chi connectivity index (χ0n) is 16.6. The Balaban J connectivity index is 2.07. The Morgan fingerprint density at radius 1 is 1.39 bits per heavy atom. The molecular weight excluding hydrogens is 396 g/mol. The van der Waals surface area contributed by atoms with Crippen LogP contribution in [-0.2, 0) is 24.2 Å². The number of hydrogen-bond acceptors (Lipinski definition) is 6. The molecule has 0 saturated heterocycles. The summed E-state index contributed by atoms with van der Waals surface area (Å²) in [6.07, 6.45) is 2.99. The number of hydrogen-bond donors (Lipinski definition) is 2. The van der Waals surface area contributed by atoms with Gasteiger partial charge in [-0.25, -0.2) is 9.78 Å². The highest BCUT2D eigenvalue weighted by Gasteiger charge is 2.26. The molecular formula is C19H26N4O3S2. The van der Waals surface area contributed by atoms with Gasteiger partial charge in [0.2, 0.25) is 5.91 Å². The second kappa shape index (κ2) is 8.24. The summed E-state index contributed by atoms with van der Waals surface area (Å²) in [5, 5.41) is 2.73. The number of nitrogens with one attached hydrogen (secondary N) is 1. The lowest BCUT2D eigenvalue weighted by molar-refractivity contribution is -0.119. The molecule has 0 radical (unpaired) electrons. The van der Waals surface area contributed by atoms with E-state index in [1.54, 1.807) is 22.8 Å². The third-order valence-corrected chi connectivity index (χ3v) is 7.06. The standard InChI is InChI=1S/C19H26N4O3S2/c1-9(2)8-23-17(25)14-12-6-5-10(3)7-13(12)28-16(14)22-19(23)27-11(4)15(24)21-18(20)26/h9-11H,5-8H2,1-4H3,(H3,20,21,24,26)/t10-,11-/m0/s1. The SMILES string of the molecule is CC(C)Cn1c(S[C@@H](C)C(=O)NC(N)=O)nc2sc3c(c2c1=O)CC[C@H](C)C3. The lowest BCUT2D eigenvalue weighted by Gasteiger charge is -2.18. The van der Waals surface area contributed by atoms with Gasteiger partial charge in [-0.15, -0.1) is 11.3 Å². The average molecular weight is 423 g/mol. The molecule has 28 heavy (non-hydrogen) atoms. The zero-order valence-corrected chi connectivity index (χ0v) is 18.2. The van der Waals surface area contributed by atoms with Crippen LogP contribution in [0.15, 0.2) is 9.95 Å². The van der Waals surface area contributed by atoms with E-state index in [1.165, 1.54) is 16.6 Å². The predicted octanol–water partition coefficient (Wildman–Crippen LogP) is 2.91. The van der Waals surface area contributed by atoms with Crippen LogP contribution in [0.5, 0.6) is 0 Å². The molecule has 2 heterocycles. The van der Waals surface area contributed by atoms with E-state index in [0.717, 1.165) is 35.0 Å². The lowest BCUT2D eigenvalue weighted by atomic mass is 9.89. The monoisotopic (exact) mass is 422 g/mol. The number of nitrogens with zero attached hydrogens (tertiary/aromatic N) is 2. The highest BCUT2D eigenvalue weighted by molar-refractivity contribution is 8.00. The Kier molecular flexibility index (Phi) is 6.14. The maximum Gasteiger partial charge on any atom is 0.318 e. The number of urea groups is 1. The summed E-state index contributed by atoms with van der Waals surface area (Å²) in [5.41, 5.74) is 6.16. The first-order chi connectivity index (χ1) is 13.2. The molecule has 2 aromatic rings. The number of rotatable bonds is 5. The minimum absolute atomic E-state index is 0.0317. The largest absolute Gasteiger partial charge is 0.351 e. The van der Waals surface area contributed by atoms with Crippen LogP contribution in [0, 0.1) is 11.8 Å². The van der Waals surface area contributed by atoms with E-state index in [-0.39, 0.29) is 11.5 Å². The number of thioether (sulfide) groups is 1. The first-order valence-corrected chi connectivity index (χ1v) is 11.2. The van der Waals surface area contributed by atoms with Crippen molar-refractivity contribution in [2.24, 2.45) is 17.6 Å². The molecule has 2 atom stereocenters. The summed E-state index contributed by atoms with van der Waals surface area (Å²) < 4.78 is 1.68. The maximum absolute atomic E-state index is 13.4. The van der Waals surface area contributed by atoms with Crippen molar-refractivity contribution in [2.75, 3.05) is 0 Å². The Hall–Kier alpha value is -1.87. The number of amides is 3. The third-order valence-electron chi connectivity index (χ3n) is 4.83. The number of aromatic nitrogens is 2. The fraction of sp³-hybridized carbons (Fsp3) is 0.579. The number of aryl methyl sites for hydroxylation is 1. The second-order valence-corrected chi connectivity index (χ2v) is 10.2. The Bertz CT molecular complexity index is 980. The van der Waals surface area contributed by atoms with Gasteiger partial charge in [-0.2, -0.15) is 0 Å². The van der Waals surface area contributed by atoms with Gasteiger partial charge < -0.3 is 5.73 Å². The molecule has 0 aliphatic heterocycles. The highest BCUT2D eigenvalue weighted by Crippen LogP contribution is 2.37. The Labute approximate surface area is 172 Å². The van der Waals surface area contributed by atoms with Crippen LogP contribution >= 0.6 is 23.1 Å². The summed E-state index contributed by atoms with van der Waals surface area (Å²) in [5.74, 6) is 0.368. The predicted molar refractivity (Wildman–Crippen MR) is 113 cm³/mol. The molecule has 2 aromatic heterocycles. The second-order valence-electron chi connectivity index (χ2n) is 7.85. The van der Waals surface area contributed by atoms with Gasteiger partial charge in [-0.1, -0.05) is 32.5 Å². The molecule has 1 aliphatic rings. The summed E-state index contributed by atoms with van der Waals surface area (Å²) in [7, 11) is 0. The van der Waals surface area contributed by atoms with E-state index < -0.39 is 17.2 Å². The van der Waals surface area contributed by atoms with Gasteiger partial charge in [0, 0.05) is 11.4 Å². The van der Waals surface area contributed by atoms with Gasteiger partial charge in [0.25, 0.3) is 5.56 Å². The van der Waals surface area contributed by atoms with Crippen LogP contribution in [0.25, 0.3) is 10.2 Å². The van der Waals surface area contributed by atoms with E-state index in [0.29, 0.717) is 17.6 Å². The summed E-state index contributed by atoms with van der Waals surface area (Å²) >= 11 is 2.77. The van der Waals surface area contributed by atoms with Crippen molar-refractivity contribution in [3.05, 3.63) is 20.8 Å². The zero-order chi connectivity index (χ0) is 20.6. The van der Waals surface area contributed by atoms with Crippen molar-refractivity contribution >= 4 is 45.3 Å². The molecule has 1 aliphatic carbocycles. The molecule has 9 heteroatoms. The minimum Gasteiger partial charge on any atom is -0.351 e. The average Bonchev–Trinajstić information content (AvgIpc) is 2.94. The van der Waals surface area contributed by atoms with E-state index >= 15 is 0 Å². The van der Waals surface area contributed by atoms with Crippen LogP contribution in [0.1, 0.15) is 44.6 Å². The van der Waals surface area contributed by atoms with Crippen molar-refractivity contribution in [2.45, 2.75) is 63.9 Å². The first-order valence-electron chi connectivity index (χ1n) is 9.49. The molecule has 0 saturated carbocycles. The van der Waals surface area contributed by atoms with Gasteiger partial charge in [0.1, 0.15) is 4.83 Å².